The third kappa shape index (κ3) is 7.10. The number of para-hydroxylation sites is 2. The third-order valence-electron chi connectivity index (χ3n) is 16.0. The van der Waals surface area contributed by atoms with Gasteiger partial charge in [-0.15, -0.1) is 0 Å². The van der Waals surface area contributed by atoms with Gasteiger partial charge in [0.05, 0.1) is 32.9 Å². The minimum absolute atomic E-state index is 0.562. The molecule has 0 N–H and O–H groups in total. The van der Waals surface area contributed by atoms with Gasteiger partial charge < -0.3 is 9.13 Å². The van der Waals surface area contributed by atoms with Crippen LogP contribution in [0.4, 0.5) is 0 Å². The molecule has 2 aromatic heterocycles. The van der Waals surface area contributed by atoms with E-state index in [1.807, 2.05) is 0 Å². The van der Waals surface area contributed by atoms with Crippen molar-refractivity contribution in [2.24, 2.45) is 0 Å². The maximum absolute atomic E-state index is 2.46. The van der Waals surface area contributed by atoms with E-state index in [2.05, 4.69) is 325 Å². The Hall–Kier alpha value is -9.76. The average Bonchev–Trinajstić information content (AvgIpc) is 4.10. The zero-order chi connectivity index (χ0) is 50.5. The first-order valence-electron chi connectivity index (χ1n) is 26.3. The molecule has 2 heteroatoms. The summed E-state index contributed by atoms with van der Waals surface area (Å²) in [5, 5.41) is 4.88. The number of fused-ring (bicyclic) bond motifs is 6. The van der Waals surface area contributed by atoms with Crippen LogP contribution in [0.2, 0.25) is 0 Å². The van der Waals surface area contributed by atoms with Crippen molar-refractivity contribution in [2.45, 2.75) is 10.8 Å². The van der Waals surface area contributed by atoms with Gasteiger partial charge >= 0.3 is 0 Å². The maximum Gasteiger partial charge on any atom is 0.0702 e. The first kappa shape index (κ1) is 44.9. The van der Waals surface area contributed by atoms with Crippen LogP contribution in [0.15, 0.2) is 315 Å². The molecule has 0 aliphatic carbocycles. The quantitative estimate of drug-likeness (QED) is 0.114. The van der Waals surface area contributed by atoms with Gasteiger partial charge in [0.15, 0.2) is 0 Å². The molecule has 0 fully saturated rings. The van der Waals surface area contributed by atoms with E-state index < -0.39 is 10.8 Å². The van der Waals surface area contributed by atoms with E-state index in [1.54, 1.807) is 0 Å². The molecule has 76 heavy (non-hydrogen) atoms. The zero-order valence-corrected chi connectivity index (χ0v) is 41.9. The molecule has 0 radical (unpaired) electrons. The molecule has 14 rings (SSSR count). The number of rotatable bonds is 11. The Bertz CT molecular complexity index is 3890. The lowest BCUT2D eigenvalue weighted by Crippen LogP contribution is -2.31. The van der Waals surface area contributed by atoms with Gasteiger partial charge in [0.25, 0.3) is 0 Å². The summed E-state index contributed by atoms with van der Waals surface area (Å²) < 4.78 is 4.91. The predicted molar refractivity (Wildman–Crippen MR) is 317 cm³/mol. The van der Waals surface area contributed by atoms with E-state index in [1.165, 1.54) is 99.2 Å². The molecule has 0 unspecified atom stereocenters. The first-order valence-corrected chi connectivity index (χ1v) is 26.3. The molecule has 0 saturated heterocycles. The molecule has 0 atom stereocenters. The minimum atomic E-state index is -0.562. The summed E-state index contributed by atoms with van der Waals surface area (Å²) in [5.41, 5.74) is 17.9. The molecular formula is C74H52N2. The van der Waals surface area contributed by atoms with Gasteiger partial charge in [-0.25, -0.2) is 0 Å². The lowest BCUT2D eigenvalue weighted by atomic mass is 9.65. The number of hydrogen-bond donors (Lipinski definition) is 0. The van der Waals surface area contributed by atoms with Crippen LogP contribution in [0, 0.1) is 0 Å². The van der Waals surface area contributed by atoms with Crippen LogP contribution in [-0.4, -0.2) is 9.13 Å². The molecule has 0 aliphatic heterocycles. The Morgan fingerprint density at radius 2 is 0.447 bits per heavy atom. The highest BCUT2D eigenvalue weighted by Crippen LogP contribution is 2.48. The van der Waals surface area contributed by atoms with E-state index in [9.17, 15) is 0 Å². The van der Waals surface area contributed by atoms with Crippen molar-refractivity contribution in [1.29, 1.82) is 0 Å². The van der Waals surface area contributed by atoms with Crippen molar-refractivity contribution in [1.82, 2.24) is 9.13 Å². The van der Waals surface area contributed by atoms with Crippen molar-refractivity contribution in [2.75, 3.05) is 0 Å². The number of hydrogen-bond acceptors (Lipinski definition) is 0. The van der Waals surface area contributed by atoms with E-state index in [0.29, 0.717) is 0 Å². The standard InChI is InChI=1S/C74H52N2/c1-7-25-55(26-8-1)73(56-27-9-2-10-28-56,57-29-11-3-12-30-57)61-37-23-39-63(51-61)75-69-43-21-19-41-65(69)67-49-53(45-47-71(67)75)54-46-48-72-68(50-54)66-42-20-22-44-70(66)76(72)64-40-24-38-62(52-64)74(58-31-13-4-14-32-58,59-33-15-5-16-34-59)60-35-17-6-18-36-60/h1-52H. The second kappa shape index (κ2) is 18.6. The Labute approximate surface area is 443 Å². The van der Waals surface area contributed by atoms with Gasteiger partial charge in [-0.05, 0) is 116 Å². The Morgan fingerprint density at radius 3 is 0.763 bits per heavy atom. The molecule has 358 valence electrons. The maximum atomic E-state index is 2.46. The Kier molecular flexibility index (Phi) is 11.0. The summed E-state index contributed by atoms with van der Waals surface area (Å²) >= 11 is 0. The number of benzene rings is 12. The minimum Gasteiger partial charge on any atom is -0.309 e. The fourth-order valence-electron chi connectivity index (χ4n) is 12.7. The number of nitrogens with zero attached hydrogens (tertiary/aromatic N) is 2. The van der Waals surface area contributed by atoms with E-state index in [0.717, 1.165) is 11.4 Å². The van der Waals surface area contributed by atoms with E-state index in [4.69, 9.17) is 0 Å². The third-order valence-corrected chi connectivity index (χ3v) is 16.0. The van der Waals surface area contributed by atoms with Gasteiger partial charge in [0.2, 0.25) is 0 Å². The van der Waals surface area contributed by atoms with Crippen LogP contribution < -0.4 is 0 Å². The van der Waals surface area contributed by atoms with Crippen molar-refractivity contribution in [3.05, 3.63) is 360 Å². The smallest absolute Gasteiger partial charge is 0.0702 e. The normalized spacial score (nSPS) is 11.9. The summed E-state index contributed by atoms with van der Waals surface area (Å²) in [7, 11) is 0. The van der Waals surface area contributed by atoms with Gasteiger partial charge in [0.1, 0.15) is 0 Å². The lowest BCUT2D eigenvalue weighted by molar-refractivity contribution is 0.744. The molecule has 2 nitrogen and oxygen atoms in total. The highest BCUT2D eigenvalue weighted by atomic mass is 15.0. The monoisotopic (exact) mass is 968 g/mol. The van der Waals surface area contributed by atoms with E-state index >= 15 is 0 Å². The van der Waals surface area contributed by atoms with E-state index in [-0.39, 0.29) is 0 Å². The van der Waals surface area contributed by atoms with Crippen molar-refractivity contribution < 1.29 is 0 Å². The Morgan fingerprint density at radius 1 is 0.184 bits per heavy atom. The molecular weight excluding hydrogens is 917 g/mol. The van der Waals surface area contributed by atoms with Gasteiger partial charge in [-0.3, -0.25) is 0 Å². The fraction of sp³-hybridized carbons (Fsp3) is 0.0270. The van der Waals surface area contributed by atoms with Crippen LogP contribution in [0.25, 0.3) is 66.1 Å². The van der Waals surface area contributed by atoms with Crippen molar-refractivity contribution >= 4 is 43.6 Å². The van der Waals surface area contributed by atoms with Gasteiger partial charge in [-0.2, -0.15) is 0 Å². The average molecular weight is 969 g/mol. The molecule has 0 spiro atoms. The van der Waals surface area contributed by atoms with Crippen LogP contribution >= 0.6 is 0 Å². The highest BCUT2D eigenvalue weighted by molar-refractivity contribution is 6.12. The summed E-state index contributed by atoms with van der Waals surface area (Å²) in [4.78, 5) is 0. The SMILES string of the molecule is c1ccc(C(c2ccccc2)(c2ccccc2)c2cccc(-n3c4ccccc4c4cc(-c5ccc6c(c5)c5ccccc5n6-c5cccc(C(c6ccccc6)(c6ccccc6)c6ccccc6)c5)ccc43)c2)cc1. The highest BCUT2D eigenvalue weighted by Gasteiger charge is 2.40. The second-order valence-electron chi connectivity index (χ2n) is 20.0. The summed E-state index contributed by atoms with van der Waals surface area (Å²) in [6.45, 7) is 0. The second-order valence-corrected chi connectivity index (χ2v) is 20.0. The van der Waals surface area contributed by atoms with Gasteiger partial charge in [0, 0.05) is 32.9 Å². The first-order chi connectivity index (χ1) is 37.7. The van der Waals surface area contributed by atoms with Crippen molar-refractivity contribution in [3.8, 4) is 22.5 Å². The molecule has 0 bridgehead atoms. The topological polar surface area (TPSA) is 9.86 Å². The van der Waals surface area contributed by atoms with Crippen LogP contribution in [0.3, 0.4) is 0 Å². The summed E-state index contributed by atoms with van der Waals surface area (Å²) in [6, 6.07) is 116. The van der Waals surface area contributed by atoms with Crippen molar-refractivity contribution in [3.63, 3.8) is 0 Å². The van der Waals surface area contributed by atoms with Crippen LogP contribution in [0.1, 0.15) is 44.5 Å². The number of aromatic nitrogens is 2. The van der Waals surface area contributed by atoms with Gasteiger partial charge in [-0.1, -0.05) is 255 Å². The lowest BCUT2D eigenvalue weighted by Gasteiger charge is -2.37. The molecule has 2 heterocycles. The summed E-state index contributed by atoms with van der Waals surface area (Å²) in [6.07, 6.45) is 0. The van der Waals surface area contributed by atoms with Crippen LogP contribution in [-0.2, 0) is 10.8 Å². The molecule has 0 saturated carbocycles. The zero-order valence-electron chi connectivity index (χ0n) is 41.9. The largest absolute Gasteiger partial charge is 0.309 e. The van der Waals surface area contributed by atoms with Crippen LogP contribution in [0.5, 0.6) is 0 Å². The summed E-state index contributed by atoms with van der Waals surface area (Å²) in [5.74, 6) is 0. The molecule has 14 aromatic rings. The fourth-order valence-corrected chi connectivity index (χ4v) is 12.7. The molecule has 0 amide bonds. The molecule has 0 aliphatic rings. The predicted octanol–water partition coefficient (Wildman–Crippen LogP) is 18.3. The molecule has 12 aromatic carbocycles. The Balaban J connectivity index is 0.912.